The third-order valence-corrected chi connectivity index (χ3v) is 4.17. The molecule has 1 fully saturated rings. The van der Waals surface area contributed by atoms with Gasteiger partial charge in [-0.1, -0.05) is 29.8 Å². The summed E-state index contributed by atoms with van der Waals surface area (Å²) in [6.45, 7) is 7.77. The molecule has 3 N–H and O–H groups in total. The molecule has 4 heteroatoms. The second-order valence-electron chi connectivity index (χ2n) is 6.19. The normalized spacial score (nSPS) is 22.8. The van der Waals surface area contributed by atoms with Crippen molar-refractivity contribution < 1.29 is 9.90 Å². The van der Waals surface area contributed by atoms with Crippen LogP contribution in [0, 0.1) is 12.8 Å². The maximum Gasteiger partial charge on any atom is 0.230 e. The Bertz CT molecular complexity index is 468. The summed E-state index contributed by atoms with van der Waals surface area (Å²) in [5, 5.41) is 15.8. The summed E-state index contributed by atoms with van der Waals surface area (Å²) in [5.41, 5.74) is 1.63. The number of hydrogen-bond donors (Lipinski definition) is 3. The van der Waals surface area contributed by atoms with Crippen LogP contribution >= 0.6 is 0 Å². The first-order valence-electron chi connectivity index (χ1n) is 7.15. The van der Waals surface area contributed by atoms with E-state index in [2.05, 4.69) is 10.6 Å². The number of carbonyl (C=O) groups excluding carboxylic acids is 1. The van der Waals surface area contributed by atoms with Crippen LogP contribution in [0.25, 0.3) is 0 Å². The van der Waals surface area contributed by atoms with E-state index in [4.69, 9.17) is 0 Å². The number of aliphatic hydroxyl groups excluding tert-OH is 1. The van der Waals surface area contributed by atoms with Crippen LogP contribution in [-0.4, -0.2) is 36.8 Å². The van der Waals surface area contributed by atoms with Crippen LogP contribution in [0.5, 0.6) is 0 Å². The van der Waals surface area contributed by atoms with E-state index < -0.39 is 5.41 Å². The Morgan fingerprint density at radius 3 is 2.55 bits per heavy atom. The smallest absolute Gasteiger partial charge is 0.230 e. The Morgan fingerprint density at radius 2 is 2.00 bits per heavy atom. The zero-order valence-electron chi connectivity index (χ0n) is 12.4. The molecule has 0 bridgehead atoms. The fourth-order valence-corrected chi connectivity index (χ4v) is 2.47. The van der Waals surface area contributed by atoms with E-state index in [1.54, 1.807) is 0 Å². The molecule has 0 saturated carbocycles. The summed E-state index contributed by atoms with van der Waals surface area (Å²) in [4.78, 5) is 12.4. The molecule has 0 radical (unpaired) electrons. The van der Waals surface area contributed by atoms with Gasteiger partial charge in [0.25, 0.3) is 0 Å². The van der Waals surface area contributed by atoms with Gasteiger partial charge in [-0.25, -0.2) is 0 Å². The van der Waals surface area contributed by atoms with Gasteiger partial charge in [-0.15, -0.1) is 0 Å². The summed E-state index contributed by atoms with van der Waals surface area (Å²) < 4.78 is 0. The molecule has 1 saturated heterocycles. The zero-order chi connectivity index (χ0) is 14.8. The van der Waals surface area contributed by atoms with Crippen LogP contribution in [0.15, 0.2) is 24.3 Å². The largest absolute Gasteiger partial charge is 0.391 e. The van der Waals surface area contributed by atoms with Crippen molar-refractivity contribution in [1.82, 2.24) is 10.6 Å². The monoisotopic (exact) mass is 276 g/mol. The van der Waals surface area contributed by atoms with Gasteiger partial charge in [-0.2, -0.15) is 0 Å². The fraction of sp³-hybridized carbons (Fsp3) is 0.562. The lowest BCUT2D eigenvalue weighted by Crippen LogP contribution is -2.43. The zero-order valence-corrected chi connectivity index (χ0v) is 12.4. The summed E-state index contributed by atoms with van der Waals surface area (Å²) in [6.07, 6.45) is -0.363. The summed E-state index contributed by atoms with van der Waals surface area (Å²) in [7, 11) is 0. The molecule has 1 aromatic carbocycles. The van der Waals surface area contributed by atoms with Gasteiger partial charge in [0.15, 0.2) is 0 Å². The van der Waals surface area contributed by atoms with Crippen LogP contribution < -0.4 is 10.6 Å². The molecule has 1 heterocycles. The fourth-order valence-electron chi connectivity index (χ4n) is 2.47. The van der Waals surface area contributed by atoms with Gasteiger partial charge >= 0.3 is 0 Å². The maximum atomic E-state index is 12.4. The first-order chi connectivity index (χ1) is 9.41. The Hall–Kier alpha value is -1.39. The maximum absolute atomic E-state index is 12.4. The van der Waals surface area contributed by atoms with Gasteiger partial charge in [0.05, 0.1) is 11.5 Å². The van der Waals surface area contributed by atoms with Crippen molar-refractivity contribution in [3.63, 3.8) is 0 Å². The molecule has 2 rings (SSSR count). The molecule has 0 spiro atoms. The van der Waals surface area contributed by atoms with Crippen LogP contribution in [0.3, 0.4) is 0 Å². The topological polar surface area (TPSA) is 61.4 Å². The van der Waals surface area contributed by atoms with Crippen LogP contribution in [0.1, 0.15) is 25.0 Å². The molecular weight excluding hydrogens is 252 g/mol. The number of hydrogen-bond acceptors (Lipinski definition) is 3. The number of nitrogens with one attached hydrogen (secondary N) is 2. The number of carbonyl (C=O) groups is 1. The Balaban J connectivity index is 1.98. The molecule has 20 heavy (non-hydrogen) atoms. The van der Waals surface area contributed by atoms with E-state index in [0.29, 0.717) is 13.1 Å². The van der Waals surface area contributed by atoms with Crippen molar-refractivity contribution in [3.8, 4) is 0 Å². The van der Waals surface area contributed by atoms with Crippen LogP contribution in [-0.2, 0) is 10.2 Å². The van der Waals surface area contributed by atoms with Crippen molar-refractivity contribution >= 4 is 5.91 Å². The highest BCUT2D eigenvalue weighted by Gasteiger charge is 2.31. The highest BCUT2D eigenvalue weighted by molar-refractivity contribution is 5.87. The quantitative estimate of drug-likeness (QED) is 0.768. The van der Waals surface area contributed by atoms with Gasteiger partial charge in [-0.05, 0) is 26.3 Å². The summed E-state index contributed by atoms with van der Waals surface area (Å²) >= 11 is 0. The van der Waals surface area contributed by atoms with E-state index in [9.17, 15) is 9.90 Å². The standard InChI is InChI=1S/C16H24N2O2/c1-11-4-6-13(7-5-11)16(2,3)15(20)18-9-12-8-17-10-14(12)19/h4-7,12,14,17,19H,8-10H2,1-3H3,(H,18,20). The molecule has 2 atom stereocenters. The van der Waals surface area contributed by atoms with Crippen molar-refractivity contribution in [3.05, 3.63) is 35.4 Å². The molecule has 110 valence electrons. The average molecular weight is 276 g/mol. The number of benzene rings is 1. The molecule has 4 nitrogen and oxygen atoms in total. The van der Waals surface area contributed by atoms with Gasteiger partial charge < -0.3 is 15.7 Å². The van der Waals surface area contributed by atoms with E-state index >= 15 is 0 Å². The number of aryl methyl sites for hydroxylation is 1. The molecule has 0 aromatic heterocycles. The SMILES string of the molecule is Cc1ccc(C(C)(C)C(=O)NCC2CNCC2O)cc1. The highest BCUT2D eigenvalue weighted by atomic mass is 16.3. The minimum Gasteiger partial charge on any atom is -0.391 e. The second-order valence-corrected chi connectivity index (χ2v) is 6.19. The van der Waals surface area contributed by atoms with E-state index in [-0.39, 0.29) is 17.9 Å². The summed E-state index contributed by atoms with van der Waals surface area (Å²) in [5.74, 6) is 0.105. The lowest BCUT2D eigenvalue weighted by molar-refractivity contribution is -0.125. The van der Waals surface area contributed by atoms with E-state index in [0.717, 1.165) is 12.1 Å². The van der Waals surface area contributed by atoms with E-state index in [1.807, 2.05) is 45.0 Å². The number of amides is 1. The molecule has 2 unspecified atom stereocenters. The first-order valence-corrected chi connectivity index (χ1v) is 7.15. The number of rotatable bonds is 4. The third kappa shape index (κ3) is 3.19. The van der Waals surface area contributed by atoms with Crippen molar-refractivity contribution in [2.24, 2.45) is 5.92 Å². The lowest BCUT2D eigenvalue weighted by atomic mass is 9.83. The predicted molar refractivity (Wildman–Crippen MR) is 79.6 cm³/mol. The minimum absolute atomic E-state index is 0.000420. The number of β-amino-alcohol motifs (C(OH)–C–C–N with tert-alkyl or cyclic N) is 1. The average Bonchev–Trinajstić information content (AvgIpc) is 2.82. The first kappa shape index (κ1) is 15.0. The molecule has 1 aromatic rings. The van der Waals surface area contributed by atoms with Crippen molar-refractivity contribution in [2.75, 3.05) is 19.6 Å². The summed E-state index contributed by atoms with van der Waals surface area (Å²) in [6, 6.07) is 8.05. The molecule has 1 aliphatic heterocycles. The second kappa shape index (κ2) is 5.94. The molecule has 1 aliphatic rings. The van der Waals surface area contributed by atoms with Gasteiger partial charge in [0.1, 0.15) is 0 Å². The van der Waals surface area contributed by atoms with Crippen molar-refractivity contribution in [1.29, 1.82) is 0 Å². The Kier molecular flexibility index (Phi) is 4.45. The predicted octanol–water partition coefficient (Wildman–Crippen LogP) is 0.969. The molecule has 0 aliphatic carbocycles. The van der Waals surface area contributed by atoms with Crippen LogP contribution in [0.2, 0.25) is 0 Å². The van der Waals surface area contributed by atoms with Gasteiger partial charge in [-0.3, -0.25) is 4.79 Å². The van der Waals surface area contributed by atoms with Gasteiger partial charge in [0.2, 0.25) is 5.91 Å². The number of aliphatic hydroxyl groups is 1. The molecule has 1 amide bonds. The van der Waals surface area contributed by atoms with Crippen molar-refractivity contribution in [2.45, 2.75) is 32.3 Å². The lowest BCUT2D eigenvalue weighted by Gasteiger charge is -2.25. The minimum atomic E-state index is -0.565. The Labute approximate surface area is 120 Å². The highest BCUT2D eigenvalue weighted by Crippen LogP contribution is 2.24. The third-order valence-electron chi connectivity index (χ3n) is 4.17. The van der Waals surface area contributed by atoms with Gasteiger partial charge in [0, 0.05) is 25.6 Å². The van der Waals surface area contributed by atoms with E-state index in [1.165, 1.54) is 5.56 Å². The van der Waals surface area contributed by atoms with Crippen LogP contribution in [0.4, 0.5) is 0 Å². The Morgan fingerprint density at radius 1 is 1.35 bits per heavy atom. The molecular formula is C16H24N2O2.